The van der Waals surface area contributed by atoms with Gasteiger partial charge in [0.05, 0.1) is 9.40 Å². The summed E-state index contributed by atoms with van der Waals surface area (Å²) in [5.74, 6) is 0. The smallest absolute Gasteiger partial charge is 0.285 e. The van der Waals surface area contributed by atoms with Gasteiger partial charge in [0.1, 0.15) is 0 Å². The maximum atomic E-state index is 10.9. The molecule has 0 radical (unpaired) electrons. The molecule has 4 nitrogen and oxygen atoms in total. The fourth-order valence-electron chi connectivity index (χ4n) is 1.90. The normalized spacial score (nSPS) is 11.9. The summed E-state index contributed by atoms with van der Waals surface area (Å²) >= 11 is 6.68. The van der Waals surface area contributed by atoms with E-state index in [-0.39, 0.29) is 11.7 Å². The van der Waals surface area contributed by atoms with E-state index in [2.05, 4.69) is 37.2 Å². The summed E-state index contributed by atoms with van der Waals surface area (Å²) in [5, 5.41) is 14.2. The van der Waals surface area contributed by atoms with Crippen LogP contribution >= 0.6 is 31.9 Å². The molecule has 0 saturated heterocycles. The highest BCUT2D eigenvalue weighted by Gasteiger charge is 2.14. The number of nitro benzene ring substituents is 1. The van der Waals surface area contributed by atoms with Crippen LogP contribution in [0.2, 0.25) is 0 Å². The first-order valence-corrected chi connectivity index (χ1v) is 7.52. The molecule has 0 aliphatic carbocycles. The number of benzene rings is 2. The van der Waals surface area contributed by atoms with E-state index in [1.165, 1.54) is 6.07 Å². The van der Waals surface area contributed by atoms with Gasteiger partial charge in [-0.1, -0.05) is 34.1 Å². The molecule has 20 heavy (non-hydrogen) atoms. The van der Waals surface area contributed by atoms with Gasteiger partial charge in [-0.2, -0.15) is 0 Å². The molecule has 0 fully saturated rings. The van der Waals surface area contributed by atoms with Crippen LogP contribution in [-0.2, 0) is 0 Å². The van der Waals surface area contributed by atoms with E-state index in [0.717, 1.165) is 10.0 Å². The fourth-order valence-corrected chi connectivity index (χ4v) is 2.92. The Morgan fingerprint density at radius 1 is 1.15 bits per heavy atom. The van der Waals surface area contributed by atoms with Crippen LogP contribution in [-0.4, -0.2) is 4.92 Å². The molecule has 2 rings (SSSR count). The second-order valence-electron chi connectivity index (χ2n) is 4.31. The van der Waals surface area contributed by atoms with Crippen molar-refractivity contribution in [2.75, 3.05) is 5.32 Å². The maximum Gasteiger partial charge on any atom is 0.285 e. The second kappa shape index (κ2) is 6.37. The van der Waals surface area contributed by atoms with Gasteiger partial charge in [0, 0.05) is 22.3 Å². The van der Waals surface area contributed by atoms with Crippen molar-refractivity contribution in [1.82, 2.24) is 0 Å². The molecule has 0 bridgehead atoms. The molecule has 1 atom stereocenters. The molecule has 104 valence electrons. The number of halogens is 2. The topological polar surface area (TPSA) is 55.2 Å². The third kappa shape index (κ3) is 3.37. The summed E-state index contributed by atoms with van der Waals surface area (Å²) in [4.78, 5) is 10.5. The van der Waals surface area contributed by atoms with Gasteiger partial charge in [-0.25, -0.2) is 0 Å². The summed E-state index contributed by atoms with van der Waals surface area (Å²) in [6.07, 6.45) is 0. The predicted molar refractivity (Wildman–Crippen MR) is 87.0 cm³/mol. The van der Waals surface area contributed by atoms with Crippen LogP contribution in [0.1, 0.15) is 18.5 Å². The van der Waals surface area contributed by atoms with Crippen LogP contribution < -0.4 is 5.32 Å². The van der Waals surface area contributed by atoms with Crippen molar-refractivity contribution in [3.63, 3.8) is 0 Å². The van der Waals surface area contributed by atoms with Gasteiger partial charge < -0.3 is 5.32 Å². The van der Waals surface area contributed by atoms with Crippen LogP contribution in [0, 0.1) is 10.1 Å². The number of hydrogen-bond acceptors (Lipinski definition) is 3. The van der Waals surface area contributed by atoms with Gasteiger partial charge in [-0.15, -0.1) is 0 Å². The Kier molecular flexibility index (Phi) is 4.77. The van der Waals surface area contributed by atoms with Crippen LogP contribution in [0.3, 0.4) is 0 Å². The van der Waals surface area contributed by atoms with E-state index in [0.29, 0.717) is 10.2 Å². The summed E-state index contributed by atoms with van der Waals surface area (Å²) in [7, 11) is 0. The Morgan fingerprint density at radius 3 is 2.50 bits per heavy atom. The lowest BCUT2D eigenvalue weighted by Crippen LogP contribution is -2.07. The quantitative estimate of drug-likeness (QED) is 0.561. The molecule has 0 spiro atoms. The van der Waals surface area contributed by atoms with Gasteiger partial charge >= 0.3 is 0 Å². The average molecular weight is 400 g/mol. The SMILES string of the molecule is CC(Nc1ccc(Br)c([N+](=O)[O-])c1)c1ccccc1Br. The minimum atomic E-state index is -0.404. The number of nitrogens with zero attached hydrogens (tertiary/aromatic N) is 1. The predicted octanol–water partition coefficient (Wildman–Crippen LogP) is 5.29. The van der Waals surface area contributed by atoms with Crippen molar-refractivity contribution in [1.29, 1.82) is 0 Å². The number of rotatable bonds is 4. The zero-order valence-electron chi connectivity index (χ0n) is 10.6. The minimum Gasteiger partial charge on any atom is -0.378 e. The highest BCUT2D eigenvalue weighted by atomic mass is 79.9. The molecule has 2 aromatic carbocycles. The Balaban J connectivity index is 2.24. The Labute approximate surface area is 133 Å². The third-order valence-electron chi connectivity index (χ3n) is 2.90. The average Bonchev–Trinajstić information content (AvgIpc) is 2.41. The molecule has 0 amide bonds. The Hall–Kier alpha value is -1.40. The van der Waals surface area contributed by atoms with Crippen molar-refractivity contribution >= 4 is 43.2 Å². The largest absolute Gasteiger partial charge is 0.378 e. The van der Waals surface area contributed by atoms with Gasteiger partial charge in [0.15, 0.2) is 0 Å². The first-order chi connectivity index (χ1) is 9.49. The maximum absolute atomic E-state index is 10.9. The second-order valence-corrected chi connectivity index (χ2v) is 6.02. The minimum absolute atomic E-state index is 0.0337. The molecule has 0 aliphatic rings. The molecule has 0 heterocycles. The first kappa shape index (κ1) is 15.0. The van der Waals surface area contributed by atoms with Crippen LogP contribution in [0.25, 0.3) is 0 Å². The highest BCUT2D eigenvalue weighted by Crippen LogP contribution is 2.31. The van der Waals surface area contributed by atoms with E-state index in [1.54, 1.807) is 6.07 Å². The van der Waals surface area contributed by atoms with Crippen LogP contribution in [0.15, 0.2) is 51.4 Å². The fraction of sp³-hybridized carbons (Fsp3) is 0.143. The third-order valence-corrected chi connectivity index (χ3v) is 4.29. The lowest BCUT2D eigenvalue weighted by molar-refractivity contribution is -0.385. The number of anilines is 1. The Bertz CT molecular complexity index is 647. The lowest BCUT2D eigenvalue weighted by Gasteiger charge is -2.17. The highest BCUT2D eigenvalue weighted by molar-refractivity contribution is 9.10. The molecule has 2 aromatic rings. The van der Waals surface area contributed by atoms with Crippen molar-refractivity contribution in [3.8, 4) is 0 Å². The molecule has 1 N–H and O–H groups in total. The molecular formula is C14H12Br2N2O2. The summed E-state index contributed by atoms with van der Waals surface area (Å²) < 4.78 is 1.48. The van der Waals surface area contributed by atoms with Gasteiger partial charge in [-0.05, 0) is 46.6 Å². The van der Waals surface area contributed by atoms with Crippen molar-refractivity contribution in [3.05, 3.63) is 67.1 Å². The first-order valence-electron chi connectivity index (χ1n) is 5.94. The molecule has 1 unspecified atom stereocenters. The Morgan fingerprint density at radius 2 is 1.85 bits per heavy atom. The van der Waals surface area contributed by atoms with E-state index in [4.69, 9.17) is 0 Å². The standard InChI is InChI=1S/C14H12Br2N2O2/c1-9(11-4-2-3-5-12(11)15)17-10-6-7-13(16)14(8-10)18(19)20/h2-9,17H,1H3. The molecule has 0 saturated carbocycles. The van der Waals surface area contributed by atoms with Crippen molar-refractivity contribution in [2.24, 2.45) is 0 Å². The zero-order valence-corrected chi connectivity index (χ0v) is 13.8. The summed E-state index contributed by atoms with van der Waals surface area (Å²) in [6, 6.07) is 12.9. The van der Waals surface area contributed by atoms with Crippen LogP contribution in [0.5, 0.6) is 0 Å². The summed E-state index contributed by atoms with van der Waals surface area (Å²) in [5.41, 5.74) is 1.86. The molecule has 0 aromatic heterocycles. The molecular weight excluding hydrogens is 388 g/mol. The molecule has 0 aliphatic heterocycles. The molecule has 6 heteroatoms. The number of nitrogens with one attached hydrogen (secondary N) is 1. The lowest BCUT2D eigenvalue weighted by atomic mass is 10.1. The van der Waals surface area contributed by atoms with Crippen molar-refractivity contribution < 1.29 is 4.92 Å². The summed E-state index contributed by atoms with van der Waals surface area (Å²) in [6.45, 7) is 2.01. The van der Waals surface area contributed by atoms with Gasteiger partial charge in [0.25, 0.3) is 5.69 Å². The van der Waals surface area contributed by atoms with E-state index < -0.39 is 4.92 Å². The van der Waals surface area contributed by atoms with E-state index in [1.807, 2.05) is 37.3 Å². The monoisotopic (exact) mass is 398 g/mol. The zero-order chi connectivity index (χ0) is 14.7. The van der Waals surface area contributed by atoms with Crippen LogP contribution in [0.4, 0.5) is 11.4 Å². The number of nitro groups is 1. The van der Waals surface area contributed by atoms with Gasteiger partial charge in [0.2, 0.25) is 0 Å². The van der Waals surface area contributed by atoms with Gasteiger partial charge in [-0.3, -0.25) is 10.1 Å². The number of hydrogen-bond donors (Lipinski definition) is 1. The van der Waals surface area contributed by atoms with Crippen molar-refractivity contribution in [2.45, 2.75) is 13.0 Å². The van der Waals surface area contributed by atoms with E-state index in [9.17, 15) is 10.1 Å². The van der Waals surface area contributed by atoms with E-state index >= 15 is 0 Å².